The molecule has 0 spiro atoms. The van der Waals surface area contributed by atoms with E-state index in [1.165, 1.54) is 19.8 Å². The highest BCUT2D eigenvalue weighted by atomic mass is 35.5. The summed E-state index contributed by atoms with van der Waals surface area (Å²) in [6.07, 6.45) is 2.00. The molecule has 0 saturated carbocycles. The normalized spacial score (nSPS) is 11.1. The molecule has 0 heterocycles. The van der Waals surface area contributed by atoms with Gasteiger partial charge in [0.05, 0.1) is 31.5 Å². The van der Waals surface area contributed by atoms with E-state index >= 15 is 0 Å². The molecule has 0 unspecified atom stereocenters. The third-order valence-corrected chi connectivity index (χ3v) is 5.38. The fourth-order valence-corrected chi connectivity index (χ4v) is 3.03. The molecule has 0 atom stereocenters. The molecule has 158 valence electrons. The highest BCUT2D eigenvalue weighted by Gasteiger charge is 2.17. The van der Waals surface area contributed by atoms with Gasteiger partial charge in [-0.3, -0.25) is 4.79 Å². The largest absolute Gasteiger partial charge is 0.495 e. The van der Waals surface area contributed by atoms with Gasteiger partial charge in [-0.25, -0.2) is 0 Å². The van der Waals surface area contributed by atoms with E-state index in [0.29, 0.717) is 41.7 Å². The SMILES string of the molecule is CCC(C)(C)c1ccc(OCCCC(=O)Nc2cc(OC)c(Cl)cc2OC)cc1. The van der Waals surface area contributed by atoms with E-state index in [9.17, 15) is 4.79 Å². The Morgan fingerprint density at radius 1 is 1.07 bits per heavy atom. The Hall–Kier alpha value is -2.40. The number of benzene rings is 2. The van der Waals surface area contributed by atoms with Crippen LogP contribution in [0.25, 0.3) is 0 Å². The fraction of sp³-hybridized carbons (Fsp3) is 0.435. The van der Waals surface area contributed by atoms with Crippen molar-refractivity contribution in [3.05, 3.63) is 47.0 Å². The van der Waals surface area contributed by atoms with Crippen molar-refractivity contribution in [1.29, 1.82) is 0 Å². The number of ether oxygens (including phenoxy) is 3. The standard InChI is InChI=1S/C23H30ClNO4/c1-6-23(2,3)16-9-11-17(12-10-16)29-13-7-8-22(26)25-19-15-20(27-4)18(24)14-21(19)28-5/h9-12,14-15H,6-8,13H2,1-5H3,(H,25,26). The fourth-order valence-electron chi connectivity index (χ4n) is 2.80. The average Bonchev–Trinajstić information content (AvgIpc) is 2.72. The molecule has 0 saturated heterocycles. The molecule has 6 heteroatoms. The number of anilines is 1. The van der Waals surface area contributed by atoms with Crippen molar-refractivity contribution in [2.45, 2.75) is 45.4 Å². The van der Waals surface area contributed by atoms with Gasteiger partial charge in [0, 0.05) is 18.6 Å². The first kappa shape index (κ1) is 22.9. The first-order valence-corrected chi connectivity index (χ1v) is 10.1. The van der Waals surface area contributed by atoms with Crippen LogP contribution in [0.15, 0.2) is 36.4 Å². The van der Waals surface area contributed by atoms with Gasteiger partial charge in [0.1, 0.15) is 17.2 Å². The van der Waals surface area contributed by atoms with Crippen molar-refractivity contribution in [1.82, 2.24) is 0 Å². The lowest BCUT2D eigenvalue weighted by Gasteiger charge is -2.23. The molecule has 5 nitrogen and oxygen atoms in total. The second kappa shape index (κ2) is 10.4. The van der Waals surface area contributed by atoms with E-state index in [-0.39, 0.29) is 11.3 Å². The maximum absolute atomic E-state index is 12.3. The monoisotopic (exact) mass is 419 g/mol. The Labute approximate surface area is 178 Å². The predicted molar refractivity (Wildman–Crippen MR) is 118 cm³/mol. The van der Waals surface area contributed by atoms with Crippen LogP contribution in [0.5, 0.6) is 17.2 Å². The summed E-state index contributed by atoms with van der Waals surface area (Å²) < 4.78 is 16.2. The Morgan fingerprint density at radius 2 is 1.72 bits per heavy atom. The molecule has 0 aliphatic rings. The summed E-state index contributed by atoms with van der Waals surface area (Å²) in [6, 6.07) is 11.4. The van der Waals surface area contributed by atoms with Crippen molar-refractivity contribution in [3.8, 4) is 17.2 Å². The summed E-state index contributed by atoms with van der Waals surface area (Å²) in [5.41, 5.74) is 1.97. The molecular weight excluding hydrogens is 390 g/mol. The van der Waals surface area contributed by atoms with Gasteiger partial charge in [-0.1, -0.05) is 44.5 Å². The van der Waals surface area contributed by atoms with Crippen LogP contribution in [-0.4, -0.2) is 26.7 Å². The molecular formula is C23H30ClNO4. The van der Waals surface area contributed by atoms with Gasteiger partial charge in [-0.2, -0.15) is 0 Å². The number of methoxy groups -OCH3 is 2. The minimum Gasteiger partial charge on any atom is -0.495 e. The first-order valence-electron chi connectivity index (χ1n) is 9.75. The van der Waals surface area contributed by atoms with Crippen LogP contribution in [0, 0.1) is 0 Å². The molecule has 1 N–H and O–H groups in total. The van der Waals surface area contributed by atoms with Crippen LogP contribution in [-0.2, 0) is 10.2 Å². The number of amides is 1. The van der Waals surface area contributed by atoms with Crippen molar-refractivity contribution >= 4 is 23.2 Å². The lowest BCUT2D eigenvalue weighted by atomic mass is 9.82. The topological polar surface area (TPSA) is 56.8 Å². The molecule has 0 aliphatic heterocycles. The number of hydrogen-bond acceptors (Lipinski definition) is 4. The zero-order valence-electron chi connectivity index (χ0n) is 17.8. The summed E-state index contributed by atoms with van der Waals surface area (Å²) in [5.74, 6) is 1.64. The summed E-state index contributed by atoms with van der Waals surface area (Å²) in [6.45, 7) is 7.11. The zero-order valence-corrected chi connectivity index (χ0v) is 18.6. The number of halogens is 1. The van der Waals surface area contributed by atoms with Gasteiger partial charge in [0.15, 0.2) is 0 Å². The molecule has 0 fully saturated rings. The third-order valence-electron chi connectivity index (χ3n) is 5.08. The highest BCUT2D eigenvalue weighted by Crippen LogP contribution is 2.36. The highest BCUT2D eigenvalue weighted by molar-refractivity contribution is 6.32. The van der Waals surface area contributed by atoms with E-state index in [2.05, 4.69) is 38.2 Å². The van der Waals surface area contributed by atoms with E-state index in [0.717, 1.165) is 12.2 Å². The van der Waals surface area contributed by atoms with Gasteiger partial charge < -0.3 is 19.5 Å². The summed E-state index contributed by atoms with van der Waals surface area (Å²) in [4.78, 5) is 12.3. The van der Waals surface area contributed by atoms with Crippen molar-refractivity contribution in [2.75, 3.05) is 26.1 Å². The second-order valence-electron chi connectivity index (χ2n) is 7.45. The summed E-state index contributed by atoms with van der Waals surface area (Å²) in [7, 11) is 3.04. The van der Waals surface area contributed by atoms with E-state index < -0.39 is 0 Å². The smallest absolute Gasteiger partial charge is 0.224 e. The molecule has 0 bridgehead atoms. The number of carbonyl (C=O) groups is 1. The second-order valence-corrected chi connectivity index (χ2v) is 7.86. The zero-order chi connectivity index (χ0) is 21.4. The van der Waals surface area contributed by atoms with Crippen LogP contribution < -0.4 is 19.5 Å². The average molecular weight is 420 g/mol. The summed E-state index contributed by atoms with van der Waals surface area (Å²) >= 11 is 6.09. The molecule has 2 rings (SSSR count). The predicted octanol–water partition coefficient (Wildman–Crippen LogP) is 5.84. The Bertz CT molecular complexity index is 818. The minimum absolute atomic E-state index is 0.128. The Balaban J connectivity index is 1.83. The van der Waals surface area contributed by atoms with E-state index in [1.807, 2.05) is 12.1 Å². The van der Waals surface area contributed by atoms with Crippen molar-refractivity contribution in [2.24, 2.45) is 0 Å². The Morgan fingerprint density at radius 3 is 2.31 bits per heavy atom. The lowest BCUT2D eigenvalue weighted by molar-refractivity contribution is -0.116. The molecule has 2 aromatic rings. The van der Waals surface area contributed by atoms with Crippen LogP contribution in [0.4, 0.5) is 5.69 Å². The summed E-state index contributed by atoms with van der Waals surface area (Å²) in [5, 5.41) is 3.25. The van der Waals surface area contributed by atoms with E-state index in [1.54, 1.807) is 12.1 Å². The number of rotatable bonds is 10. The van der Waals surface area contributed by atoms with Gasteiger partial charge >= 0.3 is 0 Å². The molecule has 0 aliphatic carbocycles. The van der Waals surface area contributed by atoms with Gasteiger partial charge in [-0.15, -0.1) is 0 Å². The molecule has 29 heavy (non-hydrogen) atoms. The van der Waals surface area contributed by atoms with E-state index in [4.69, 9.17) is 25.8 Å². The quantitative estimate of drug-likeness (QED) is 0.491. The van der Waals surface area contributed by atoms with Crippen LogP contribution >= 0.6 is 11.6 Å². The molecule has 0 aromatic heterocycles. The van der Waals surface area contributed by atoms with Gasteiger partial charge in [0.2, 0.25) is 5.91 Å². The van der Waals surface area contributed by atoms with Crippen molar-refractivity contribution < 1.29 is 19.0 Å². The lowest BCUT2D eigenvalue weighted by Crippen LogP contribution is -2.15. The number of nitrogens with one attached hydrogen (secondary N) is 1. The number of carbonyl (C=O) groups excluding carboxylic acids is 1. The maximum Gasteiger partial charge on any atom is 0.224 e. The van der Waals surface area contributed by atoms with Crippen LogP contribution in [0.1, 0.15) is 45.6 Å². The van der Waals surface area contributed by atoms with Gasteiger partial charge in [-0.05, 0) is 36.0 Å². The van der Waals surface area contributed by atoms with Crippen LogP contribution in [0.3, 0.4) is 0 Å². The number of hydrogen-bond donors (Lipinski definition) is 1. The maximum atomic E-state index is 12.3. The van der Waals surface area contributed by atoms with Gasteiger partial charge in [0.25, 0.3) is 0 Å². The Kier molecular flexibility index (Phi) is 8.21. The molecule has 1 amide bonds. The molecule has 0 radical (unpaired) electrons. The molecule has 2 aromatic carbocycles. The first-order chi connectivity index (χ1) is 13.8. The van der Waals surface area contributed by atoms with Crippen molar-refractivity contribution in [3.63, 3.8) is 0 Å². The minimum atomic E-state index is -0.128. The third kappa shape index (κ3) is 6.29. The van der Waals surface area contributed by atoms with Crippen LogP contribution in [0.2, 0.25) is 5.02 Å².